The Morgan fingerprint density at radius 2 is 1.78 bits per heavy atom. The summed E-state index contributed by atoms with van der Waals surface area (Å²) in [6, 6.07) is 0. The summed E-state index contributed by atoms with van der Waals surface area (Å²) < 4.78 is 6.51. The number of hydrogen-bond donors (Lipinski definition) is 0. The molecule has 2 aliphatic carbocycles. The van der Waals surface area contributed by atoms with Gasteiger partial charge in [0.05, 0.1) is 0 Å². The highest BCUT2D eigenvalue weighted by molar-refractivity contribution is 6.70. The monoisotopic (exact) mass is 268 g/mol. The van der Waals surface area contributed by atoms with Crippen molar-refractivity contribution in [3.63, 3.8) is 0 Å². The molecule has 0 saturated heterocycles. The summed E-state index contributed by atoms with van der Waals surface area (Å²) in [4.78, 5) is 12.4. The van der Waals surface area contributed by atoms with Gasteiger partial charge in [-0.15, -0.1) is 0 Å². The molecule has 0 aromatic rings. The molecule has 3 unspecified atom stereocenters. The average Bonchev–Trinajstić information content (AvgIpc) is 2.47. The van der Waals surface area contributed by atoms with Crippen LogP contribution in [0.3, 0.4) is 0 Å². The Labute approximate surface area is 113 Å². The molecule has 104 valence electrons. The van der Waals surface area contributed by atoms with E-state index in [1.165, 1.54) is 6.42 Å². The molecule has 0 radical (unpaired) electrons. The number of carbonyl (C=O) groups excluding carboxylic acids is 1. The van der Waals surface area contributed by atoms with Crippen molar-refractivity contribution in [1.29, 1.82) is 0 Å². The van der Waals surface area contributed by atoms with Crippen molar-refractivity contribution in [2.24, 2.45) is 16.7 Å². The maximum atomic E-state index is 12.4. The lowest BCUT2D eigenvalue weighted by atomic mass is 9.63. The van der Waals surface area contributed by atoms with Crippen LogP contribution in [0.25, 0.3) is 0 Å². The van der Waals surface area contributed by atoms with Crippen LogP contribution in [0.2, 0.25) is 19.6 Å². The Bertz CT molecular complexity index is 382. The summed E-state index contributed by atoms with van der Waals surface area (Å²) in [6.45, 7) is 15.3. The van der Waals surface area contributed by atoms with E-state index in [2.05, 4.69) is 40.4 Å². The highest BCUT2D eigenvalue weighted by Crippen LogP contribution is 2.71. The van der Waals surface area contributed by atoms with Gasteiger partial charge in [0.15, 0.2) is 14.1 Å². The topological polar surface area (TPSA) is 26.3 Å². The molecule has 0 aromatic heterocycles. The number of rotatable bonds is 3. The SMILES string of the molecule is CC(=O)C1(O[Si](C)(C)C)CC2CCC1(C)C2(C)C. The van der Waals surface area contributed by atoms with Gasteiger partial charge in [0.25, 0.3) is 0 Å². The summed E-state index contributed by atoms with van der Waals surface area (Å²) in [5.74, 6) is 0.894. The summed E-state index contributed by atoms with van der Waals surface area (Å²) in [5.41, 5.74) is -0.279. The third-order valence-corrected chi connectivity index (χ3v) is 6.87. The molecule has 18 heavy (non-hydrogen) atoms. The van der Waals surface area contributed by atoms with E-state index in [0.717, 1.165) is 12.8 Å². The Morgan fingerprint density at radius 1 is 1.22 bits per heavy atom. The minimum atomic E-state index is -1.73. The minimum absolute atomic E-state index is 0.0107. The lowest BCUT2D eigenvalue weighted by Gasteiger charge is -2.49. The van der Waals surface area contributed by atoms with Crippen molar-refractivity contribution in [3.05, 3.63) is 0 Å². The van der Waals surface area contributed by atoms with Gasteiger partial charge in [-0.25, -0.2) is 0 Å². The van der Waals surface area contributed by atoms with Crippen LogP contribution < -0.4 is 0 Å². The van der Waals surface area contributed by atoms with Crippen LogP contribution in [-0.4, -0.2) is 19.7 Å². The zero-order chi connectivity index (χ0) is 14.0. The molecule has 0 aromatic carbocycles. The van der Waals surface area contributed by atoms with E-state index in [9.17, 15) is 4.79 Å². The van der Waals surface area contributed by atoms with Gasteiger partial charge in [-0.3, -0.25) is 4.79 Å². The number of Topliss-reactive ketones (excluding diaryl/α,β-unsaturated/α-hetero) is 1. The van der Waals surface area contributed by atoms with Gasteiger partial charge in [0.1, 0.15) is 5.60 Å². The normalized spacial score (nSPS) is 42.3. The molecule has 3 atom stereocenters. The summed E-state index contributed by atoms with van der Waals surface area (Å²) >= 11 is 0. The highest BCUT2D eigenvalue weighted by Gasteiger charge is 2.71. The molecule has 2 fully saturated rings. The lowest BCUT2D eigenvalue weighted by molar-refractivity contribution is -0.149. The van der Waals surface area contributed by atoms with Crippen LogP contribution in [0.1, 0.15) is 47.0 Å². The van der Waals surface area contributed by atoms with Crippen molar-refractivity contribution < 1.29 is 9.22 Å². The van der Waals surface area contributed by atoms with Crippen molar-refractivity contribution >= 4 is 14.1 Å². The van der Waals surface area contributed by atoms with E-state index >= 15 is 0 Å². The Kier molecular flexibility index (Phi) is 2.93. The standard InChI is InChI=1S/C15H28O2Si/c1-11(16)15(17-18(5,6)7)10-12-8-9-14(15,4)13(12,2)3/h12H,8-10H2,1-7H3. The van der Waals surface area contributed by atoms with Crippen molar-refractivity contribution in [2.75, 3.05) is 0 Å². The first-order valence-electron chi connectivity index (χ1n) is 7.17. The van der Waals surface area contributed by atoms with E-state index in [0.29, 0.717) is 5.92 Å². The van der Waals surface area contributed by atoms with E-state index in [1.807, 2.05) is 0 Å². The summed E-state index contributed by atoms with van der Waals surface area (Å²) in [7, 11) is -1.73. The maximum absolute atomic E-state index is 12.4. The molecule has 3 heteroatoms. The summed E-state index contributed by atoms with van der Waals surface area (Å²) in [5, 5.41) is 0. The van der Waals surface area contributed by atoms with E-state index in [-0.39, 0.29) is 16.6 Å². The Hall–Kier alpha value is -0.153. The van der Waals surface area contributed by atoms with Gasteiger partial charge in [0, 0.05) is 5.41 Å². The van der Waals surface area contributed by atoms with Gasteiger partial charge in [0.2, 0.25) is 0 Å². The Balaban J connectivity index is 2.49. The van der Waals surface area contributed by atoms with Gasteiger partial charge in [-0.05, 0) is 57.2 Å². The fraction of sp³-hybridized carbons (Fsp3) is 0.933. The fourth-order valence-corrected chi connectivity index (χ4v) is 6.03. The van der Waals surface area contributed by atoms with E-state index < -0.39 is 13.9 Å². The zero-order valence-corrected chi connectivity index (χ0v) is 14.0. The van der Waals surface area contributed by atoms with E-state index in [4.69, 9.17) is 4.43 Å². The van der Waals surface area contributed by atoms with Crippen molar-refractivity contribution in [3.8, 4) is 0 Å². The predicted molar refractivity (Wildman–Crippen MR) is 77.1 cm³/mol. The molecule has 2 nitrogen and oxygen atoms in total. The molecule has 2 rings (SSSR count). The number of carbonyl (C=O) groups is 1. The largest absolute Gasteiger partial charge is 0.405 e. The van der Waals surface area contributed by atoms with Gasteiger partial charge < -0.3 is 4.43 Å². The number of ketones is 1. The molecule has 0 aliphatic heterocycles. The van der Waals surface area contributed by atoms with Gasteiger partial charge >= 0.3 is 0 Å². The molecule has 0 amide bonds. The minimum Gasteiger partial charge on any atom is -0.405 e. The van der Waals surface area contributed by atoms with Crippen molar-refractivity contribution in [2.45, 2.75) is 72.2 Å². The van der Waals surface area contributed by atoms with Crippen molar-refractivity contribution in [1.82, 2.24) is 0 Å². The van der Waals surface area contributed by atoms with Gasteiger partial charge in [-0.1, -0.05) is 20.8 Å². The first-order valence-corrected chi connectivity index (χ1v) is 10.6. The fourth-order valence-electron chi connectivity index (χ4n) is 4.53. The third kappa shape index (κ3) is 1.59. The first-order chi connectivity index (χ1) is 7.96. The molecular formula is C15H28O2Si. The molecule has 0 spiro atoms. The molecule has 0 N–H and O–H groups in total. The number of hydrogen-bond acceptors (Lipinski definition) is 2. The first kappa shape index (κ1) is 14.3. The second kappa shape index (κ2) is 3.69. The number of fused-ring (bicyclic) bond motifs is 2. The highest BCUT2D eigenvalue weighted by atomic mass is 28.4. The van der Waals surface area contributed by atoms with Crippen LogP contribution >= 0.6 is 0 Å². The van der Waals surface area contributed by atoms with Crippen LogP contribution in [0.15, 0.2) is 0 Å². The quantitative estimate of drug-likeness (QED) is 0.723. The van der Waals surface area contributed by atoms with Crippen LogP contribution in [0.5, 0.6) is 0 Å². The van der Waals surface area contributed by atoms with Gasteiger partial charge in [-0.2, -0.15) is 0 Å². The molecular weight excluding hydrogens is 240 g/mol. The summed E-state index contributed by atoms with van der Waals surface area (Å²) in [6.07, 6.45) is 3.33. The molecule has 2 saturated carbocycles. The Morgan fingerprint density at radius 3 is 2.06 bits per heavy atom. The average molecular weight is 268 g/mol. The second-order valence-electron chi connectivity index (χ2n) is 8.09. The lowest BCUT2D eigenvalue weighted by Crippen LogP contribution is -2.58. The van der Waals surface area contributed by atoms with E-state index in [1.54, 1.807) is 6.92 Å². The zero-order valence-electron chi connectivity index (χ0n) is 13.0. The van der Waals surface area contributed by atoms with Crippen LogP contribution in [-0.2, 0) is 9.22 Å². The second-order valence-corrected chi connectivity index (χ2v) is 12.5. The molecule has 2 bridgehead atoms. The van der Waals surface area contributed by atoms with Crippen LogP contribution in [0.4, 0.5) is 0 Å². The maximum Gasteiger partial charge on any atom is 0.185 e. The molecule has 2 aliphatic rings. The van der Waals surface area contributed by atoms with Crippen LogP contribution in [0, 0.1) is 16.7 Å². The third-order valence-electron chi connectivity index (χ3n) is 5.91. The predicted octanol–water partition coefficient (Wildman–Crippen LogP) is 4.01. The molecule has 0 heterocycles. The smallest absolute Gasteiger partial charge is 0.185 e.